The Morgan fingerprint density at radius 2 is 1.82 bits per heavy atom. The first-order valence-electron chi connectivity index (χ1n) is 7.69. The number of hydrogen-bond acceptors (Lipinski definition) is 2. The zero-order chi connectivity index (χ0) is 11.9. The van der Waals surface area contributed by atoms with Crippen LogP contribution < -0.4 is 5.32 Å². The van der Waals surface area contributed by atoms with Gasteiger partial charge in [0.15, 0.2) is 0 Å². The predicted molar refractivity (Wildman–Crippen MR) is 72.2 cm³/mol. The summed E-state index contributed by atoms with van der Waals surface area (Å²) in [6.45, 7) is 5.52. The van der Waals surface area contributed by atoms with Crippen molar-refractivity contribution in [2.24, 2.45) is 11.8 Å². The van der Waals surface area contributed by atoms with Gasteiger partial charge < -0.3 is 10.1 Å². The number of nitrogens with one attached hydrogen (secondary N) is 1. The van der Waals surface area contributed by atoms with Crippen LogP contribution in [0.1, 0.15) is 58.3 Å². The molecule has 0 spiro atoms. The summed E-state index contributed by atoms with van der Waals surface area (Å²) in [5.41, 5.74) is 0. The molecule has 2 fully saturated rings. The topological polar surface area (TPSA) is 21.3 Å². The van der Waals surface area contributed by atoms with E-state index in [-0.39, 0.29) is 0 Å². The maximum Gasteiger partial charge on any atom is 0.0495 e. The Bertz CT molecular complexity index is 193. The van der Waals surface area contributed by atoms with E-state index in [9.17, 15) is 0 Å². The fourth-order valence-electron chi connectivity index (χ4n) is 3.37. The lowest BCUT2D eigenvalue weighted by Crippen LogP contribution is -2.34. The van der Waals surface area contributed by atoms with Crippen molar-refractivity contribution in [3.63, 3.8) is 0 Å². The minimum atomic E-state index is 0.811. The molecular formula is C15H29NO. The average molecular weight is 239 g/mol. The van der Waals surface area contributed by atoms with Crippen LogP contribution in [0.4, 0.5) is 0 Å². The molecule has 0 aromatic heterocycles. The average Bonchev–Trinajstić information content (AvgIpc) is 2.85. The van der Waals surface area contributed by atoms with Crippen LogP contribution in [0, 0.1) is 11.8 Å². The highest BCUT2D eigenvalue weighted by atomic mass is 16.5. The van der Waals surface area contributed by atoms with Gasteiger partial charge in [0.2, 0.25) is 0 Å². The standard InChI is InChI=1S/C15H29NO/c1-2-3-13-4-6-15(7-5-13)16-10-8-14-9-11-17-12-14/h13-16H,2-12H2,1H3. The molecule has 1 N–H and O–H groups in total. The second kappa shape index (κ2) is 7.38. The molecule has 0 bridgehead atoms. The lowest BCUT2D eigenvalue weighted by atomic mass is 9.83. The molecule has 2 rings (SSSR count). The van der Waals surface area contributed by atoms with Gasteiger partial charge in [-0.05, 0) is 56.9 Å². The smallest absolute Gasteiger partial charge is 0.0495 e. The van der Waals surface area contributed by atoms with Crippen molar-refractivity contribution in [2.75, 3.05) is 19.8 Å². The summed E-state index contributed by atoms with van der Waals surface area (Å²) in [4.78, 5) is 0. The molecule has 0 amide bonds. The molecule has 1 aliphatic heterocycles. The van der Waals surface area contributed by atoms with E-state index in [1.54, 1.807) is 0 Å². The van der Waals surface area contributed by atoms with E-state index >= 15 is 0 Å². The van der Waals surface area contributed by atoms with Crippen LogP contribution in [0.25, 0.3) is 0 Å². The molecule has 0 aromatic rings. The summed E-state index contributed by atoms with van der Waals surface area (Å²) in [6, 6.07) is 0.811. The fraction of sp³-hybridized carbons (Fsp3) is 1.00. The molecule has 1 heterocycles. The molecule has 1 saturated heterocycles. The SMILES string of the molecule is CCCC1CCC(NCCC2CCOC2)CC1. The van der Waals surface area contributed by atoms with E-state index in [0.29, 0.717) is 0 Å². The summed E-state index contributed by atoms with van der Waals surface area (Å²) in [5.74, 6) is 1.86. The summed E-state index contributed by atoms with van der Waals surface area (Å²) in [7, 11) is 0. The molecule has 100 valence electrons. The van der Waals surface area contributed by atoms with E-state index in [0.717, 1.165) is 31.1 Å². The number of ether oxygens (including phenoxy) is 1. The van der Waals surface area contributed by atoms with E-state index in [4.69, 9.17) is 4.74 Å². The van der Waals surface area contributed by atoms with Gasteiger partial charge in [-0.1, -0.05) is 19.8 Å². The normalized spacial score (nSPS) is 34.1. The first kappa shape index (κ1) is 13.4. The van der Waals surface area contributed by atoms with Gasteiger partial charge in [0.1, 0.15) is 0 Å². The largest absolute Gasteiger partial charge is 0.381 e. The maximum absolute atomic E-state index is 5.41. The van der Waals surface area contributed by atoms with Gasteiger partial charge in [-0.3, -0.25) is 0 Å². The van der Waals surface area contributed by atoms with Crippen LogP contribution in [0.15, 0.2) is 0 Å². The highest BCUT2D eigenvalue weighted by Crippen LogP contribution is 2.27. The van der Waals surface area contributed by atoms with Crippen LogP contribution >= 0.6 is 0 Å². The van der Waals surface area contributed by atoms with Crippen LogP contribution in [-0.4, -0.2) is 25.8 Å². The second-order valence-electron chi connectivity index (χ2n) is 5.98. The van der Waals surface area contributed by atoms with Crippen LogP contribution in [0.2, 0.25) is 0 Å². The lowest BCUT2D eigenvalue weighted by molar-refractivity contribution is 0.183. The summed E-state index contributed by atoms with van der Waals surface area (Å²) in [6.07, 6.45) is 11.1. The lowest BCUT2D eigenvalue weighted by Gasteiger charge is -2.29. The van der Waals surface area contributed by atoms with E-state index < -0.39 is 0 Å². The Hall–Kier alpha value is -0.0800. The molecule has 1 atom stereocenters. The molecule has 17 heavy (non-hydrogen) atoms. The van der Waals surface area contributed by atoms with Gasteiger partial charge in [0.05, 0.1) is 0 Å². The van der Waals surface area contributed by atoms with Crippen molar-refractivity contribution in [1.82, 2.24) is 5.32 Å². The third-order valence-corrected chi connectivity index (χ3v) is 4.55. The van der Waals surface area contributed by atoms with E-state index in [1.807, 2.05) is 0 Å². The minimum Gasteiger partial charge on any atom is -0.381 e. The Morgan fingerprint density at radius 1 is 1.00 bits per heavy atom. The highest BCUT2D eigenvalue weighted by molar-refractivity contribution is 4.77. The molecule has 2 heteroatoms. The van der Waals surface area contributed by atoms with E-state index in [2.05, 4.69) is 12.2 Å². The summed E-state index contributed by atoms with van der Waals surface area (Å²) >= 11 is 0. The quantitative estimate of drug-likeness (QED) is 0.767. The molecule has 2 nitrogen and oxygen atoms in total. The third kappa shape index (κ3) is 4.59. The zero-order valence-corrected chi connectivity index (χ0v) is 11.4. The van der Waals surface area contributed by atoms with Crippen molar-refractivity contribution in [3.8, 4) is 0 Å². The minimum absolute atomic E-state index is 0.811. The molecule has 1 aliphatic carbocycles. The van der Waals surface area contributed by atoms with Gasteiger partial charge in [-0.2, -0.15) is 0 Å². The zero-order valence-electron chi connectivity index (χ0n) is 11.4. The number of rotatable bonds is 6. The van der Waals surface area contributed by atoms with Gasteiger partial charge in [-0.15, -0.1) is 0 Å². The van der Waals surface area contributed by atoms with Gasteiger partial charge in [0, 0.05) is 19.3 Å². The highest BCUT2D eigenvalue weighted by Gasteiger charge is 2.21. The Kier molecular flexibility index (Phi) is 5.79. The summed E-state index contributed by atoms with van der Waals surface area (Å²) in [5, 5.41) is 3.76. The van der Waals surface area contributed by atoms with Crippen molar-refractivity contribution in [1.29, 1.82) is 0 Å². The Balaban J connectivity index is 1.52. The molecule has 1 unspecified atom stereocenters. The Labute approximate surface area is 107 Å². The van der Waals surface area contributed by atoms with Crippen LogP contribution in [-0.2, 0) is 4.74 Å². The monoisotopic (exact) mass is 239 g/mol. The first-order valence-corrected chi connectivity index (χ1v) is 7.69. The van der Waals surface area contributed by atoms with Crippen molar-refractivity contribution in [3.05, 3.63) is 0 Å². The third-order valence-electron chi connectivity index (χ3n) is 4.55. The van der Waals surface area contributed by atoms with Gasteiger partial charge >= 0.3 is 0 Å². The van der Waals surface area contributed by atoms with Crippen molar-refractivity contribution in [2.45, 2.75) is 64.3 Å². The second-order valence-corrected chi connectivity index (χ2v) is 5.98. The predicted octanol–water partition coefficient (Wildman–Crippen LogP) is 3.36. The van der Waals surface area contributed by atoms with Crippen LogP contribution in [0.5, 0.6) is 0 Å². The summed E-state index contributed by atoms with van der Waals surface area (Å²) < 4.78 is 5.41. The number of hydrogen-bond donors (Lipinski definition) is 1. The maximum atomic E-state index is 5.41. The Morgan fingerprint density at radius 3 is 2.47 bits per heavy atom. The fourth-order valence-corrected chi connectivity index (χ4v) is 3.37. The molecular weight excluding hydrogens is 210 g/mol. The first-order chi connectivity index (χ1) is 8.38. The van der Waals surface area contributed by atoms with Gasteiger partial charge in [-0.25, -0.2) is 0 Å². The van der Waals surface area contributed by atoms with Crippen molar-refractivity contribution < 1.29 is 4.74 Å². The molecule has 0 aromatic carbocycles. The molecule has 1 saturated carbocycles. The van der Waals surface area contributed by atoms with E-state index in [1.165, 1.54) is 57.9 Å². The van der Waals surface area contributed by atoms with Crippen LogP contribution in [0.3, 0.4) is 0 Å². The van der Waals surface area contributed by atoms with Crippen molar-refractivity contribution >= 4 is 0 Å². The van der Waals surface area contributed by atoms with Gasteiger partial charge in [0.25, 0.3) is 0 Å². The molecule has 0 radical (unpaired) electrons. The molecule has 2 aliphatic rings.